The molecule has 0 aromatic heterocycles. The lowest BCUT2D eigenvalue weighted by Crippen LogP contribution is -2.34. The third kappa shape index (κ3) is 6.99. The van der Waals surface area contributed by atoms with E-state index in [4.69, 9.17) is 9.84 Å². The molecule has 9 nitrogen and oxygen atoms in total. The van der Waals surface area contributed by atoms with Gasteiger partial charge in [0.1, 0.15) is 6.07 Å². The Balaban J connectivity index is 1.72. The molecule has 0 amide bonds. The average Bonchev–Trinajstić information content (AvgIpc) is 3.11. The Morgan fingerprint density at radius 3 is 2.74 bits per heavy atom. The SMILES string of the molecule is C/C(=C(/C#N)S(=O)(=O)NCC(O)CO)c1ccc2cc(NCCN3CCCOCC3)ccc2c1. The third-order valence-electron chi connectivity index (χ3n) is 5.78. The van der Waals surface area contributed by atoms with Gasteiger partial charge in [-0.2, -0.15) is 5.26 Å². The van der Waals surface area contributed by atoms with Gasteiger partial charge in [0.2, 0.25) is 0 Å². The molecule has 0 radical (unpaired) electrons. The number of rotatable bonds is 10. The van der Waals surface area contributed by atoms with Gasteiger partial charge in [-0.05, 0) is 53.5 Å². The van der Waals surface area contributed by atoms with Gasteiger partial charge >= 0.3 is 0 Å². The van der Waals surface area contributed by atoms with Crippen molar-refractivity contribution in [3.63, 3.8) is 0 Å². The minimum atomic E-state index is -4.13. The first kappa shape index (κ1) is 26.1. The van der Waals surface area contributed by atoms with Crippen molar-refractivity contribution in [1.29, 1.82) is 5.26 Å². The first-order chi connectivity index (χ1) is 16.3. The summed E-state index contributed by atoms with van der Waals surface area (Å²) < 4.78 is 32.7. The van der Waals surface area contributed by atoms with Gasteiger partial charge in [0, 0.05) is 45.0 Å². The van der Waals surface area contributed by atoms with E-state index in [-0.39, 0.29) is 6.54 Å². The summed E-state index contributed by atoms with van der Waals surface area (Å²) in [5, 5.41) is 33.2. The molecule has 0 saturated carbocycles. The number of ether oxygens (including phenoxy) is 1. The van der Waals surface area contributed by atoms with Crippen molar-refractivity contribution in [2.24, 2.45) is 0 Å². The van der Waals surface area contributed by atoms with Crippen LogP contribution >= 0.6 is 0 Å². The highest BCUT2D eigenvalue weighted by Gasteiger charge is 2.22. The van der Waals surface area contributed by atoms with Crippen LogP contribution in [0.2, 0.25) is 0 Å². The zero-order valence-corrected chi connectivity index (χ0v) is 20.1. The molecule has 2 aromatic rings. The molecular weight excluding hydrogens is 456 g/mol. The maximum Gasteiger partial charge on any atom is 0.251 e. The van der Waals surface area contributed by atoms with Crippen LogP contribution in [0.25, 0.3) is 16.3 Å². The second kappa shape index (κ2) is 12.3. The van der Waals surface area contributed by atoms with Gasteiger partial charge in [-0.3, -0.25) is 4.90 Å². The number of sulfonamides is 1. The van der Waals surface area contributed by atoms with Crippen LogP contribution in [0, 0.1) is 11.3 Å². The molecule has 34 heavy (non-hydrogen) atoms. The molecular formula is C24H32N4O5S. The summed E-state index contributed by atoms with van der Waals surface area (Å²) in [5.74, 6) is 0. The van der Waals surface area contributed by atoms with Gasteiger partial charge in [0.05, 0.1) is 19.3 Å². The number of nitriles is 1. The minimum Gasteiger partial charge on any atom is -0.394 e. The molecule has 1 heterocycles. The van der Waals surface area contributed by atoms with E-state index in [0.29, 0.717) is 11.1 Å². The topological polar surface area (TPSA) is 135 Å². The monoisotopic (exact) mass is 488 g/mol. The first-order valence-electron chi connectivity index (χ1n) is 11.3. The highest BCUT2D eigenvalue weighted by Crippen LogP contribution is 2.27. The van der Waals surface area contributed by atoms with Crippen molar-refractivity contribution in [2.75, 3.05) is 57.9 Å². The molecule has 0 spiro atoms. The van der Waals surface area contributed by atoms with E-state index in [0.717, 1.165) is 62.3 Å². The molecule has 1 aliphatic heterocycles. The normalized spacial score (nSPS) is 17.0. The van der Waals surface area contributed by atoms with E-state index in [1.54, 1.807) is 19.1 Å². The molecule has 1 saturated heterocycles. The van der Waals surface area contributed by atoms with E-state index in [1.165, 1.54) is 0 Å². The fourth-order valence-corrected chi connectivity index (χ4v) is 4.99. The van der Waals surface area contributed by atoms with E-state index in [1.807, 2.05) is 30.3 Å². The summed E-state index contributed by atoms with van der Waals surface area (Å²) in [6, 6.07) is 13.3. The number of aliphatic hydroxyl groups excluding tert-OH is 2. The predicted octanol–water partition coefficient (Wildman–Crippen LogP) is 1.50. The summed E-state index contributed by atoms with van der Waals surface area (Å²) in [4.78, 5) is 1.97. The molecule has 0 aliphatic carbocycles. The fourth-order valence-electron chi connectivity index (χ4n) is 3.79. The van der Waals surface area contributed by atoms with Gasteiger partial charge in [-0.1, -0.05) is 18.2 Å². The van der Waals surface area contributed by atoms with Crippen LogP contribution in [0.1, 0.15) is 18.9 Å². The van der Waals surface area contributed by atoms with Crippen LogP contribution in [0.3, 0.4) is 0 Å². The summed E-state index contributed by atoms with van der Waals surface area (Å²) in [5.41, 5.74) is 1.92. The van der Waals surface area contributed by atoms with Crippen LogP contribution in [0.5, 0.6) is 0 Å². The van der Waals surface area contributed by atoms with Crippen molar-refractivity contribution in [2.45, 2.75) is 19.4 Å². The van der Waals surface area contributed by atoms with Crippen LogP contribution in [-0.4, -0.2) is 82.2 Å². The van der Waals surface area contributed by atoms with Crippen molar-refractivity contribution < 1.29 is 23.4 Å². The maximum absolute atomic E-state index is 12.5. The Labute approximate surface area is 200 Å². The highest BCUT2D eigenvalue weighted by atomic mass is 32.2. The molecule has 184 valence electrons. The van der Waals surface area contributed by atoms with Crippen LogP contribution in [0.15, 0.2) is 41.3 Å². The van der Waals surface area contributed by atoms with Gasteiger partial charge in [0.25, 0.3) is 10.0 Å². The molecule has 4 N–H and O–H groups in total. The molecule has 1 aliphatic rings. The molecule has 1 unspecified atom stereocenters. The molecule has 2 aromatic carbocycles. The molecule has 3 rings (SSSR count). The summed E-state index contributed by atoms with van der Waals surface area (Å²) in [7, 11) is -4.13. The van der Waals surface area contributed by atoms with Crippen LogP contribution in [0.4, 0.5) is 5.69 Å². The summed E-state index contributed by atoms with van der Waals surface area (Å²) >= 11 is 0. The standard InChI is InChI=1S/C24H32N4O5S/c1-18(24(15-25)34(31,32)27-16-23(30)17-29)19-3-4-21-14-22(6-5-20(21)13-19)26-7-9-28-8-2-11-33-12-10-28/h3-6,13-14,23,26-27,29-30H,2,7-12,16-17H2,1H3/b24-18+. The minimum absolute atomic E-state index is 0.305. The lowest BCUT2D eigenvalue weighted by Gasteiger charge is -2.19. The number of fused-ring (bicyclic) bond motifs is 1. The van der Waals surface area contributed by atoms with Crippen LogP contribution < -0.4 is 10.0 Å². The smallest absolute Gasteiger partial charge is 0.251 e. The van der Waals surface area contributed by atoms with Gasteiger partial charge < -0.3 is 20.3 Å². The average molecular weight is 489 g/mol. The van der Waals surface area contributed by atoms with Gasteiger partial charge in [-0.15, -0.1) is 0 Å². The van der Waals surface area contributed by atoms with Crippen molar-refractivity contribution in [3.8, 4) is 6.07 Å². The number of anilines is 1. The van der Waals surface area contributed by atoms with Gasteiger partial charge in [-0.25, -0.2) is 13.1 Å². The largest absolute Gasteiger partial charge is 0.394 e. The van der Waals surface area contributed by atoms with E-state index in [2.05, 4.69) is 14.9 Å². The number of hydrogen-bond acceptors (Lipinski definition) is 8. The first-order valence-corrected chi connectivity index (χ1v) is 12.8. The summed E-state index contributed by atoms with van der Waals surface area (Å²) in [6.45, 7) is 5.99. The quantitative estimate of drug-likeness (QED) is 0.370. The van der Waals surface area contributed by atoms with E-state index < -0.39 is 27.6 Å². The number of nitrogens with one attached hydrogen (secondary N) is 2. The van der Waals surface area contributed by atoms with Crippen molar-refractivity contribution in [3.05, 3.63) is 46.9 Å². The Bertz CT molecular complexity index is 1150. The zero-order valence-electron chi connectivity index (χ0n) is 19.3. The highest BCUT2D eigenvalue weighted by molar-refractivity contribution is 7.93. The fraction of sp³-hybridized carbons (Fsp3) is 0.458. The number of aliphatic hydroxyl groups is 2. The Morgan fingerprint density at radius 1 is 1.21 bits per heavy atom. The lowest BCUT2D eigenvalue weighted by atomic mass is 10.0. The lowest BCUT2D eigenvalue weighted by molar-refractivity contribution is 0.0989. The van der Waals surface area contributed by atoms with E-state index in [9.17, 15) is 18.8 Å². The number of benzene rings is 2. The summed E-state index contributed by atoms with van der Waals surface area (Å²) in [6.07, 6.45) is -0.182. The van der Waals surface area contributed by atoms with Crippen molar-refractivity contribution in [1.82, 2.24) is 9.62 Å². The zero-order chi connectivity index (χ0) is 24.6. The molecule has 1 fully saturated rings. The predicted molar refractivity (Wildman–Crippen MR) is 133 cm³/mol. The Morgan fingerprint density at radius 2 is 1.97 bits per heavy atom. The second-order valence-electron chi connectivity index (χ2n) is 8.27. The third-order valence-corrected chi connectivity index (χ3v) is 7.26. The Kier molecular flexibility index (Phi) is 9.41. The second-order valence-corrected chi connectivity index (χ2v) is 9.97. The van der Waals surface area contributed by atoms with E-state index >= 15 is 0 Å². The Hall–Kier alpha value is -2.52. The number of allylic oxidation sites excluding steroid dienone is 2. The molecule has 0 bridgehead atoms. The maximum atomic E-state index is 12.5. The number of hydrogen-bond donors (Lipinski definition) is 4. The van der Waals surface area contributed by atoms with Gasteiger partial charge in [0.15, 0.2) is 4.91 Å². The molecule has 10 heteroatoms. The molecule has 1 atom stereocenters. The van der Waals surface area contributed by atoms with Crippen LogP contribution in [-0.2, 0) is 14.8 Å². The van der Waals surface area contributed by atoms with Crippen molar-refractivity contribution >= 4 is 32.1 Å². The number of nitrogens with zero attached hydrogens (tertiary/aromatic N) is 2.